The zero-order valence-electron chi connectivity index (χ0n) is 15.3. The van der Waals surface area contributed by atoms with Crippen LogP contribution in [0.15, 0.2) is 40.1 Å². The highest BCUT2D eigenvalue weighted by Gasteiger charge is 2.17. The Bertz CT molecular complexity index is 1150. The Labute approximate surface area is 171 Å². The van der Waals surface area contributed by atoms with E-state index in [-0.39, 0.29) is 5.91 Å². The van der Waals surface area contributed by atoms with Crippen molar-refractivity contribution in [1.29, 1.82) is 0 Å². The molecule has 3 aromatic rings. The number of thiophene rings is 1. The number of rotatable bonds is 3. The molecule has 0 aliphatic carbocycles. The SMILES string of the molecule is CC#CC(=O)Nc1cccc(-c2csc3c(=S)cc(N4CCOCC4)oc23)c1. The number of hydrogen-bond donors (Lipinski definition) is 1. The largest absolute Gasteiger partial charge is 0.439 e. The summed E-state index contributed by atoms with van der Waals surface area (Å²) in [4.78, 5) is 13.9. The second-order valence-corrected chi connectivity index (χ2v) is 7.59. The second-order valence-electron chi connectivity index (χ2n) is 6.27. The molecule has 1 aliphatic heterocycles. The molecule has 1 fully saturated rings. The van der Waals surface area contributed by atoms with E-state index in [9.17, 15) is 4.79 Å². The molecule has 1 aliphatic rings. The van der Waals surface area contributed by atoms with Crippen LogP contribution in [-0.4, -0.2) is 32.2 Å². The van der Waals surface area contributed by atoms with Gasteiger partial charge < -0.3 is 19.4 Å². The number of hydrogen-bond acceptors (Lipinski definition) is 6. The third kappa shape index (κ3) is 3.80. The van der Waals surface area contributed by atoms with Gasteiger partial charge in [-0.25, -0.2) is 0 Å². The lowest BCUT2D eigenvalue weighted by Crippen LogP contribution is -2.36. The second kappa shape index (κ2) is 8.15. The van der Waals surface area contributed by atoms with Crippen LogP contribution in [0, 0.1) is 16.4 Å². The molecule has 3 heterocycles. The van der Waals surface area contributed by atoms with Crippen LogP contribution in [0.1, 0.15) is 6.92 Å². The maximum atomic E-state index is 11.8. The first-order valence-corrected chi connectivity index (χ1v) is 10.2. The van der Waals surface area contributed by atoms with Crippen LogP contribution in [0.2, 0.25) is 0 Å². The highest BCUT2D eigenvalue weighted by atomic mass is 32.1. The number of carbonyl (C=O) groups excluding carboxylic acids is 1. The maximum absolute atomic E-state index is 11.8. The standard InChI is InChI=1S/C21H18N2O3S2/c1-2-4-18(24)22-15-6-3-5-14(11-15)16-13-28-21-17(27)12-19(26-20(16)21)23-7-9-25-10-8-23/h3,5-6,11-13H,7-10H2,1H3,(H,22,24). The first-order valence-electron chi connectivity index (χ1n) is 8.88. The molecule has 0 spiro atoms. The molecule has 28 heavy (non-hydrogen) atoms. The van der Waals surface area contributed by atoms with Crippen molar-refractivity contribution in [3.05, 3.63) is 40.2 Å². The van der Waals surface area contributed by atoms with E-state index in [1.807, 2.05) is 35.7 Å². The normalized spacial score (nSPS) is 13.8. The van der Waals surface area contributed by atoms with Crippen molar-refractivity contribution in [2.75, 3.05) is 36.5 Å². The number of fused-ring (bicyclic) bond motifs is 1. The van der Waals surface area contributed by atoms with E-state index in [1.54, 1.807) is 18.3 Å². The molecule has 0 unspecified atom stereocenters. The first kappa shape index (κ1) is 18.7. The molecule has 142 valence electrons. The zero-order valence-corrected chi connectivity index (χ0v) is 16.9. The molecule has 0 atom stereocenters. The Kier molecular flexibility index (Phi) is 5.44. The fraction of sp³-hybridized carbons (Fsp3) is 0.238. The van der Waals surface area contributed by atoms with E-state index < -0.39 is 0 Å². The molecule has 0 radical (unpaired) electrons. The summed E-state index contributed by atoms with van der Waals surface area (Å²) in [6, 6.07) is 9.55. The predicted molar refractivity (Wildman–Crippen MR) is 115 cm³/mol. The minimum Gasteiger partial charge on any atom is -0.439 e. The Hall–Kier alpha value is -2.66. The highest BCUT2D eigenvalue weighted by Crippen LogP contribution is 2.38. The molecule has 0 saturated carbocycles. The van der Waals surface area contributed by atoms with Gasteiger partial charge in [0.05, 0.1) is 22.4 Å². The molecule has 1 amide bonds. The van der Waals surface area contributed by atoms with Gasteiger partial charge in [-0.3, -0.25) is 4.79 Å². The lowest BCUT2D eigenvalue weighted by atomic mass is 10.1. The molecular weight excluding hydrogens is 392 g/mol. The van der Waals surface area contributed by atoms with E-state index >= 15 is 0 Å². The van der Waals surface area contributed by atoms with Gasteiger partial charge in [0.2, 0.25) is 0 Å². The van der Waals surface area contributed by atoms with Gasteiger partial charge >= 0.3 is 0 Å². The van der Waals surface area contributed by atoms with E-state index in [2.05, 4.69) is 22.1 Å². The average Bonchev–Trinajstić information content (AvgIpc) is 3.14. The first-order chi connectivity index (χ1) is 13.7. The molecule has 1 aromatic carbocycles. The van der Waals surface area contributed by atoms with E-state index in [1.165, 1.54) is 0 Å². The highest BCUT2D eigenvalue weighted by molar-refractivity contribution is 7.72. The summed E-state index contributed by atoms with van der Waals surface area (Å²) >= 11 is 7.17. The summed E-state index contributed by atoms with van der Waals surface area (Å²) < 4.78 is 13.4. The van der Waals surface area contributed by atoms with Crippen LogP contribution < -0.4 is 10.2 Å². The molecule has 1 N–H and O–H groups in total. The predicted octanol–water partition coefficient (Wildman–Crippen LogP) is 4.69. The van der Waals surface area contributed by atoms with Gasteiger partial charge in [0, 0.05) is 35.8 Å². The topological polar surface area (TPSA) is 54.7 Å². The number of amides is 1. The summed E-state index contributed by atoms with van der Waals surface area (Å²) in [5.74, 6) is 5.52. The van der Waals surface area contributed by atoms with Crippen LogP contribution >= 0.6 is 23.6 Å². The van der Waals surface area contributed by atoms with E-state index in [4.69, 9.17) is 21.4 Å². The Morgan fingerprint density at radius 1 is 1.29 bits per heavy atom. The van der Waals surface area contributed by atoms with Crippen LogP contribution in [-0.2, 0) is 9.53 Å². The van der Waals surface area contributed by atoms with Crippen molar-refractivity contribution in [3.8, 4) is 23.0 Å². The van der Waals surface area contributed by atoms with Gasteiger partial charge in [-0.05, 0) is 30.5 Å². The number of nitrogens with zero attached hydrogens (tertiary/aromatic N) is 1. The fourth-order valence-corrected chi connectivity index (χ4v) is 4.36. The van der Waals surface area contributed by atoms with Gasteiger partial charge in [0.15, 0.2) is 11.5 Å². The number of ether oxygens (including phenoxy) is 1. The maximum Gasteiger partial charge on any atom is 0.300 e. The number of anilines is 2. The molecule has 4 rings (SSSR count). The molecule has 5 nitrogen and oxygen atoms in total. The fourth-order valence-electron chi connectivity index (χ4n) is 3.11. The van der Waals surface area contributed by atoms with Crippen molar-refractivity contribution >= 4 is 51.3 Å². The average molecular weight is 411 g/mol. The van der Waals surface area contributed by atoms with Crippen molar-refractivity contribution in [1.82, 2.24) is 0 Å². The zero-order chi connectivity index (χ0) is 19.5. The summed E-state index contributed by atoms with van der Waals surface area (Å²) in [6.45, 7) is 4.55. The Balaban J connectivity index is 1.74. The summed E-state index contributed by atoms with van der Waals surface area (Å²) in [5, 5.41) is 4.83. The van der Waals surface area contributed by atoms with Gasteiger partial charge in [0.25, 0.3) is 5.91 Å². The van der Waals surface area contributed by atoms with Gasteiger partial charge in [-0.2, -0.15) is 0 Å². The van der Waals surface area contributed by atoms with Crippen LogP contribution in [0.5, 0.6) is 0 Å². The van der Waals surface area contributed by atoms with Crippen molar-refractivity contribution in [3.63, 3.8) is 0 Å². The number of morpholine rings is 1. The lowest BCUT2D eigenvalue weighted by molar-refractivity contribution is -0.111. The van der Waals surface area contributed by atoms with Gasteiger partial charge in [-0.1, -0.05) is 30.3 Å². The minimum absolute atomic E-state index is 0.332. The quantitative estimate of drug-likeness (QED) is 0.502. The Morgan fingerprint density at radius 2 is 2.11 bits per heavy atom. The van der Waals surface area contributed by atoms with Gasteiger partial charge in [-0.15, -0.1) is 11.3 Å². The van der Waals surface area contributed by atoms with Gasteiger partial charge in [0.1, 0.15) is 0 Å². The summed E-state index contributed by atoms with van der Waals surface area (Å²) in [6.07, 6.45) is 0. The summed E-state index contributed by atoms with van der Waals surface area (Å²) in [5.41, 5.74) is 3.37. The number of carbonyl (C=O) groups is 1. The van der Waals surface area contributed by atoms with Crippen molar-refractivity contribution in [2.24, 2.45) is 0 Å². The van der Waals surface area contributed by atoms with Crippen LogP contribution in [0.3, 0.4) is 0 Å². The summed E-state index contributed by atoms with van der Waals surface area (Å²) in [7, 11) is 0. The van der Waals surface area contributed by atoms with Crippen LogP contribution in [0.25, 0.3) is 21.4 Å². The smallest absolute Gasteiger partial charge is 0.300 e. The molecule has 2 aromatic heterocycles. The number of benzene rings is 1. The Morgan fingerprint density at radius 3 is 2.89 bits per heavy atom. The molecule has 0 bridgehead atoms. The molecule has 1 saturated heterocycles. The van der Waals surface area contributed by atoms with Crippen molar-refractivity contribution in [2.45, 2.75) is 6.92 Å². The van der Waals surface area contributed by atoms with E-state index in [0.717, 1.165) is 44.9 Å². The monoisotopic (exact) mass is 410 g/mol. The molecule has 7 heteroatoms. The number of nitrogens with one attached hydrogen (secondary N) is 1. The van der Waals surface area contributed by atoms with E-state index in [0.29, 0.717) is 18.9 Å². The third-order valence-electron chi connectivity index (χ3n) is 4.42. The van der Waals surface area contributed by atoms with Crippen LogP contribution in [0.4, 0.5) is 11.6 Å². The minimum atomic E-state index is -0.332. The van der Waals surface area contributed by atoms with Crippen molar-refractivity contribution < 1.29 is 13.9 Å². The molecular formula is C21H18N2O3S2. The third-order valence-corrected chi connectivity index (χ3v) is 5.87. The lowest BCUT2D eigenvalue weighted by Gasteiger charge is -2.27.